The molecule has 1 unspecified atom stereocenters. The average Bonchev–Trinajstić information content (AvgIpc) is 2.33. The fraction of sp³-hybridized carbons (Fsp3) is 0.143. The van der Waals surface area contributed by atoms with Crippen molar-refractivity contribution in [2.24, 2.45) is 0 Å². The zero-order valence-corrected chi connectivity index (χ0v) is 10.4. The lowest BCUT2D eigenvalue weighted by molar-refractivity contribution is 0.178. The summed E-state index contributed by atoms with van der Waals surface area (Å²) in [6.07, 6.45) is 0.186. The minimum Gasteiger partial charge on any atom is -0.388 e. The van der Waals surface area contributed by atoms with Crippen LogP contribution in [0.4, 0.5) is 0 Å². The second kappa shape index (κ2) is 5.28. The lowest BCUT2D eigenvalue weighted by atomic mass is 10.0. The molecule has 0 spiro atoms. The molecule has 2 aromatic carbocycles. The summed E-state index contributed by atoms with van der Waals surface area (Å²) < 4.78 is 1.05. The Balaban J connectivity index is 2.14. The quantitative estimate of drug-likeness (QED) is 0.906. The third kappa shape index (κ3) is 2.71. The summed E-state index contributed by atoms with van der Waals surface area (Å²) >= 11 is 3.49. The molecule has 0 bridgehead atoms. The van der Waals surface area contributed by atoms with E-state index >= 15 is 0 Å². The standard InChI is InChI=1S/C14H13BrO/c15-13-9-5-4-8-12(13)10-14(16)11-6-2-1-3-7-11/h1-9,14,16H,10H2. The molecule has 0 aliphatic rings. The molecule has 0 saturated carbocycles. The van der Waals surface area contributed by atoms with E-state index in [2.05, 4.69) is 15.9 Å². The van der Waals surface area contributed by atoms with Crippen LogP contribution < -0.4 is 0 Å². The molecule has 2 aromatic rings. The van der Waals surface area contributed by atoms with Gasteiger partial charge >= 0.3 is 0 Å². The summed E-state index contributed by atoms with van der Waals surface area (Å²) in [6, 6.07) is 17.7. The Bertz CT molecular complexity index is 453. The van der Waals surface area contributed by atoms with Crippen molar-refractivity contribution in [1.82, 2.24) is 0 Å². The van der Waals surface area contributed by atoms with Crippen LogP contribution >= 0.6 is 15.9 Å². The van der Waals surface area contributed by atoms with Gasteiger partial charge in [0, 0.05) is 10.9 Å². The van der Waals surface area contributed by atoms with Gasteiger partial charge in [0.2, 0.25) is 0 Å². The molecule has 2 rings (SSSR count). The number of benzene rings is 2. The Labute approximate surface area is 104 Å². The predicted octanol–water partition coefficient (Wildman–Crippen LogP) is 3.73. The van der Waals surface area contributed by atoms with Gasteiger partial charge in [-0.2, -0.15) is 0 Å². The SMILES string of the molecule is OC(Cc1ccccc1Br)c1ccccc1. The number of halogens is 1. The summed E-state index contributed by atoms with van der Waals surface area (Å²) in [4.78, 5) is 0. The monoisotopic (exact) mass is 276 g/mol. The van der Waals surface area contributed by atoms with Gasteiger partial charge in [0.1, 0.15) is 0 Å². The highest BCUT2D eigenvalue weighted by molar-refractivity contribution is 9.10. The highest BCUT2D eigenvalue weighted by Gasteiger charge is 2.09. The normalized spacial score (nSPS) is 12.4. The van der Waals surface area contributed by atoms with Crippen LogP contribution in [0.1, 0.15) is 17.2 Å². The lowest BCUT2D eigenvalue weighted by Gasteiger charge is -2.11. The number of aliphatic hydroxyl groups is 1. The Kier molecular flexibility index (Phi) is 3.75. The van der Waals surface area contributed by atoms with Crippen molar-refractivity contribution in [1.29, 1.82) is 0 Å². The van der Waals surface area contributed by atoms with Gasteiger partial charge in [-0.05, 0) is 17.2 Å². The fourth-order valence-electron chi connectivity index (χ4n) is 1.67. The van der Waals surface area contributed by atoms with Crippen molar-refractivity contribution < 1.29 is 5.11 Å². The smallest absolute Gasteiger partial charge is 0.0830 e. The van der Waals surface area contributed by atoms with Crippen molar-refractivity contribution in [2.75, 3.05) is 0 Å². The first-order valence-electron chi connectivity index (χ1n) is 5.24. The summed E-state index contributed by atoms with van der Waals surface area (Å²) in [6.45, 7) is 0. The maximum atomic E-state index is 10.1. The first-order valence-corrected chi connectivity index (χ1v) is 6.03. The number of rotatable bonds is 3. The maximum Gasteiger partial charge on any atom is 0.0830 e. The Hall–Kier alpha value is -1.12. The van der Waals surface area contributed by atoms with Crippen molar-refractivity contribution >= 4 is 15.9 Å². The van der Waals surface area contributed by atoms with Crippen molar-refractivity contribution in [2.45, 2.75) is 12.5 Å². The van der Waals surface area contributed by atoms with E-state index in [4.69, 9.17) is 0 Å². The molecular weight excluding hydrogens is 264 g/mol. The minimum atomic E-state index is -0.445. The molecule has 1 atom stereocenters. The zero-order valence-electron chi connectivity index (χ0n) is 8.81. The van der Waals surface area contributed by atoms with Gasteiger partial charge in [-0.25, -0.2) is 0 Å². The number of hydrogen-bond donors (Lipinski definition) is 1. The molecule has 82 valence electrons. The fourth-order valence-corrected chi connectivity index (χ4v) is 2.11. The van der Waals surface area contributed by atoms with Crippen molar-refractivity contribution in [3.8, 4) is 0 Å². The summed E-state index contributed by atoms with van der Waals surface area (Å²) in [5.41, 5.74) is 2.08. The van der Waals surface area contributed by atoms with Crippen molar-refractivity contribution in [3.05, 3.63) is 70.2 Å². The van der Waals surface area contributed by atoms with E-state index in [1.807, 2.05) is 54.6 Å². The third-order valence-corrected chi connectivity index (χ3v) is 3.33. The lowest BCUT2D eigenvalue weighted by Crippen LogP contribution is -2.01. The average molecular weight is 277 g/mol. The van der Waals surface area contributed by atoms with Crippen LogP contribution in [0, 0.1) is 0 Å². The first kappa shape index (κ1) is 11.4. The second-order valence-electron chi connectivity index (χ2n) is 3.72. The predicted molar refractivity (Wildman–Crippen MR) is 69.2 cm³/mol. The van der Waals surface area contributed by atoms with E-state index in [9.17, 15) is 5.11 Å². The van der Waals surface area contributed by atoms with E-state index in [-0.39, 0.29) is 0 Å². The largest absolute Gasteiger partial charge is 0.388 e. The maximum absolute atomic E-state index is 10.1. The van der Waals surface area contributed by atoms with Crippen LogP contribution in [0.5, 0.6) is 0 Å². The van der Waals surface area contributed by atoms with Crippen LogP contribution in [0.25, 0.3) is 0 Å². The summed E-state index contributed by atoms with van der Waals surface area (Å²) in [5.74, 6) is 0. The zero-order chi connectivity index (χ0) is 11.4. The molecule has 0 amide bonds. The molecule has 0 aliphatic carbocycles. The number of aliphatic hydroxyl groups excluding tert-OH is 1. The third-order valence-electron chi connectivity index (χ3n) is 2.56. The summed E-state index contributed by atoms with van der Waals surface area (Å²) in [5, 5.41) is 10.1. The highest BCUT2D eigenvalue weighted by atomic mass is 79.9. The van der Waals surface area contributed by atoms with Gasteiger partial charge in [-0.3, -0.25) is 0 Å². The van der Waals surface area contributed by atoms with Crippen LogP contribution in [-0.4, -0.2) is 5.11 Å². The Morgan fingerprint density at radius 2 is 1.56 bits per heavy atom. The molecule has 0 aromatic heterocycles. The van der Waals surface area contributed by atoms with Gasteiger partial charge in [0.25, 0.3) is 0 Å². The molecule has 1 nitrogen and oxygen atoms in total. The van der Waals surface area contributed by atoms with E-state index in [1.54, 1.807) is 0 Å². The van der Waals surface area contributed by atoms with Gasteiger partial charge in [-0.15, -0.1) is 0 Å². The molecule has 1 N–H and O–H groups in total. The second-order valence-corrected chi connectivity index (χ2v) is 4.58. The van der Waals surface area contributed by atoms with Gasteiger partial charge in [-0.1, -0.05) is 64.5 Å². The van der Waals surface area contributed by atoms with Gasteiger partial charge in [0.05, 0.1) is 6.10 Å². The van der Waals surface area contributed by atoms with E-state index in [1.165, 1.54) is 0 Å². The molecule has 16 heavy (non-hydrogen) atoms. The molecule has 0 saturated heterocycles. The number of hydrogen-bond acceptors (Lipinski definition) is 1. The van der Waals surface area contributed by atoms with Crippen LogP contribution in [0.3, 0.4) is 0 Å². The topological polar surface area (TPSA) is 20.2 Å². The van der Waals surface area contributed by atoms with Crippen LogP contribution in [0.2, 0.25) is 0 Å². The molecular formula is C14H13BrO. The van der Waals surface area contributed by atoms with E-state index < -0.39 is 6.10 Å². The molecule has 0 fully saturated rings. The molecule has 0 aliphatic heterocycles. The van der Waals surface area contributed by atoms with Gasteiger partial charge in [0.15, 0.2) is 0 Å². The van der Waals surface area contributed by atoms with Gasteiger partial charge < -0.3 is 5.11 Å². The molecule has 0 heterocycles. The summed E-state index contributed by atoms with van der Waals surface area (Å²) in [7, 11) is 0. The molecule has 2 heteroatoms. The molecule has 0 radical (unpaired) electrons. The van der Waals surface area contributed by atoms with Crippen LogP contribution in [0.15, 0.2) is 59.1 Å². The highest BCUT2D eigenvalue weighted by Crippen LogP contribution is 2.23. The van der Waals surface area contributed by atoms with E-state index in [0.29, 0.717) is 6.42 Å². The van der Waals surface area contributed by atoms with E-state index in [0.717, 1.165) is 15.6 Å². The van der Waals surface area contributed by atoms with Crippen molar-refractivity contribution in [3.63, 3.8) is 0 Å². The minimum absolute atomic E-state index is 0.445. The van der Waals surface area contributed by atoms with Crippen LogP contribution in [-0.2, 0) is 6.42 Å². The Morgan fingerprint density at radius 3 is 2.25 bits per heavy atom. The Morgan fingerprint density at radius 1 is 0.938 bits per heavy atom. The first-order chi connectivity index (χ1) is 7.77.